The summed E-state index contributed by atoms with van der Waals surface area (Å²) in [7, 11) is 0. The zero-order chi connectivity index (χ0) is 26.2. The van der Waals surface area contributed by atoms with E-state index in [9.17, 15) is 27.2 Å². The molecule has 0 fully saturated rings. The number of hydrogen-bond donors (Lipinski definition) is 2. The first-order valence-corrected chi connectivity index (χ1v) is 10.9. The smallest absolute Gasteiger partial charge is 0.350 e. The Hall–Kier alpha value is -3.40. The number of aliphatic imine (C=N–C) groups is 1. The maximum atomic E-state index is 14.8. The second-order valence-electron chi connectivity index (χ2n) is 8.32. The second-order valence-corrected chi connectivity index (χ2v) is 8.70. The third-order valence-corrected chi connectivity index (χ3v) is 5.63. The van der Waals surface area contributed by atoms with Gasteiger partial charge in [-0.1, -0.05) is 18.2 Å². The summed E-state index contributed by atoms with van der Waals surface area (Å²) in [6.07, 6.45) is -3.41. The number of halogens is 5. The van der Waals surface area contributed by atoms with E-state index in [1.807, 2.05) is 0 Å². The fourth-order valence-electron chi connectivity index (χ4n) is 3.50. The maximum absolute atomic E-state index is 14.8. The second kappa shape index (κ2) is 9.69. The van der Waals surface area contributed by atoms with Gasteiger partial charge >= 0.3 is 6.18 Å². The highest BCUT2D eigenvalue weighted by molar-refractivity contribution is 6.37. The van der Waals surface area contributed by atoms with Gasteiger partial charge in [-0.2, -0.15) is 13.2 Å². The molecule has 35 heavy (non-hydrogen) atoms. The van der Waals surface area contributed by atoms with Crippen LogP contribution in [0.3, 0.4) is 0 Å². The molecule has 11 heteroatoms. The van der Waals surface area contributed by atoms with E-state index >= 15 is 0 Å². The van der Waals surface area contributed by atoms with E-state index in [-0.39, 0.29) is 34.3 Å². The molecule has 0 radical (unpaired) electrons. The van der Waals surface area contributed by atoms with E-state index in [1.165, 1.54) is 18.0 Å². The fourth-order valence-corrected chi connectivity index (χ4v) is 3.86. The Morgan fingerprint density at radius 3 is 2.54 bits per heavy atom. The quantitative estimate of drug-likeness (QED) is 0.440. The molecule has 1 aromatic carbocycles. The number of benzodiazepines with no additional fused rings is 1. The highest BCUT2D eigenvalue weighted by atomic mass is 35.5. The number of pyridine rings is 1. The van der Waals surface area contributed by atoms with E-state index in [0.29, 0.717) is 0 Å². The molecule has 0 saturated carbocycles. The number of rotatable bonds is 4. The highest BCUT2D eigenvalue weighted by Gasteiger charge is 2.38. The zero-order valence-corrected chi connectivity index (χ0v) is 20.1. The molecule has 2 N–H and O–H groups in total. The number of carbonyl (C=O) groups is 1. The minimum Gasteiger partial charge on any atom is -0.350 e. The van der Waals surface area contributed by atoms with Crippen molar-refractivity contribution in [1.29, 1.82) is 0 Å². The van der Waals surface area contributed by atoms with E-state index in [0.717, 1.165) is 24.3 Å². The molecule has 1 amide bonds. The number of anilines is 1. The van der Waals surface area contributed by atoms with Crippen molar-refractivity contribution in [3.05, 3.63) is 86.3 Å². The molecule has 1 atom stereocenters. The predicted octanol–water partition coefficient (Wildman–Crippen LogP) is 5.17. The van der Waals surface area contributed by atoms with Crippen LogP contribution in [0.25, 0.3) is 0 Å². The standard InChI is InChI=1S/C24H23ClF4N4O2/c1-11(2)30-23(35)12(3)10-33-14(5)13(4)31-22(21-16(26)7-9-18(34)32-21)19-17(33)8-6-15(20(19)25)24(27,28)29/h6-11,13H,5H2,1-4H3,(H,30,35)(H,32,34)/b12-10+/t13-/m0/s1. The average Bonchev–Trinajstić information content (AvgIpc) is 2.85. The van der Waals surface area contributed by atoms with Gasteiger partial charge in [-0.15, -0.1) is 0 Å². The van der Waals surface area contributed by atoms with Crippen molar-refractivity contribution < 1.29 is 22.4 Å². The minimum absolute atomic E-state index is 0.0805. The van der Waals surface area contributed by atoms with E-state index < -0.39 is 45.8 Å². The molecule has 0 saturated heterocycles. The van der Waals surface area contributed by atoms with Crippen molar-refractivity contribution in [3.8, 4) is 0 Å². The van der Waals surface area contributed by atoms with Crippen LogP contribution < -0.4 is 15.8 Å². The Bertz CT molecular complexity index is 1310. The summed E-state index contributed by atoms with van der Waals surface area (Å²) in [6.45, 7) is 10.7. The number of carbonyl (C=O) groups excluding carboxylic acids is 1. The number of H-pyrrole nitrogens is 1. The van der Waals surface area contributed by atoms with Gasteiger partial charge in [-0.05, 0) is 45.9 Å². The van der Waals surface area contributed by atoms with Crippen molar-refractivity contribution in [2.45, 2.75) is 46.0 Å². The molecule has 1 aromatic heterocycles. The van der Waals surface area contributed by atoms with Gasteiger partial charge in [0, 0.05) is 35.1 Å². The van der Waals surface area contributed by atoms with Gasteiger partial charge in [0.25, 0.3) is 0 Å². The molecular weight excluding hydrogens is 488 g/mol. The van der Waals surface area contributed by atoms with Crippen molar-refractivity contribution in [2.24, 2.45) is 4.99 Å². The van der Waals surface area contributed by atoms with Crippen LogP contribution in [0.4, 0.5) is 23.2 Å². The molecule has 186 valence electrons. The lowest BCUT2D eigenvalue weighted by atomic mass is 9.99. The first-order valence-electron chi connectivity index (χ1n) is 10.6. The molecule has 2 aromatic rings. The van der Waals surface area contributed by atoms with Gasteiger partial charge in [0.2, 0.25) is 11.5 Å². The summed E-state index contributed by atoms with van der Waals surface area (Å²) in [5, 5.41) is 2.00. The number of benzene rings is 1. The van der Waals surface area contributed by atoms with Gasteiger partial charge in [0.15, 0.2) is 0 Å². The first kappa shape index (κ1) is 26.2. The van der Waals surface area contributed by atoms with E-state index in [1.54, 1.807) is 20.8 Å². The molecule has 0 spiro atoms. The number of hydrogen-bond acceptors (Lipinski definition) is 4. The third-order valence-electron chi connectivity index (χ3n) is 5.24. The first-order chi connectivity index (χ1) is 16.2. The van der Waals surface area contributed by atoms with Crippen LogP contribution in [0.5, 0.6) is 0 Å². The van der Waals surface area contributed by atoms with Gasteiger partial charge in [0.05, 0.1) is 28.0 Å². The lowest BCUT2D eigenvalue weighted by Gasteiger charge is -2.27. The number of alkyl halides is 3. The summed E-state index contributed by atoms with van der Waals surface area (Å²) in [5.74, 6) is -1.30. The predicted molar refractivity (Wildman–Crippen MR) is 127 cm³/mol. The van der Waals surface area contributed by atoms with Gasteiger partial charge < -0.3 is 15.2 Å². The highest BCUT2D eigenvalue weighted by Crippen LogP contribution is 2.43. The van der Waals surface area contributed by atoms with Crippen molar-refractivity contribution in [1.82, 2.24) is 10.3 Å². The van der Waals surface area contributed by atoms with Crippen LogP contribution in [0, 0.1) is 5.82 Å². The summed E-state index contributed by atoms with van der Waals surface area (Å²) < 4.78 is 56.0. The monoisotopic (exact) mass is 510 g/mol. The molecule has 0 aliphatic carbocycles. The van der Waals surface area contributed by atoms with Crippen molar-refractivity contribution in [3.63, 3.8) is 0 Å². The Balaban J connectivity index is 2.36. The van der Waals surface area contributed by atoms with Crippen molar-refractivity contribution >= 4 is 28.9 Å². The molecule has 0 unspecified atom stereocenters. The van der Waals surface area contributed by atoms with E-state index in [4.69, 9.17) is 11.6 Å². The number of aromatic amines is 1. The van der Waals surface area contributed by atoms with Crippen LogP contribution >= 0.6 is 11.6 Å². The molecule has 1 aliphatic heterocycles. The van der Waals surface area contributed by atoms with Gasteiger partial charge in [-0.3, -0.25) is 14.6 Å². The third kappa shape index (κ3) is 5.32. The molecule has 2 heterocycles. The minimum atomic E-state index is -4.82. The van der Waals surface area contributed by atoms with Crippen LogP contribution in [0.2, 0.25) is 5.02 Å². The van der Waals surface area contributed by atoms with Crippen LogP contribution in [0.1, 0.15) is 44.5 Å². The molecule has 1 aliphatic rings. The summed E-state index contributed by atoms with van der Waals surface area (Å²) in [4.78, 5) is 32.5. The number of nitrogens with one attached hydrogen (secondary N) is 2. The largest absolute Gasteiger partial charge is 0.417 e. The average molecular weight is 511 g/mol. The van der Waals surface area contributed by atoms with Gasteiger partial charge in [-0.25, -0.2) is 4.39 Å². The molecule has 0 bridgehead atoms. The zero-order valence-electron chi connectivity index (χ0n) is 19.3. The Kier molecular flexibility index (Phi) is 7.26. The number of aromatic nitrogens is 1. The Morgan fingerprint density at radius 1 is 1.29 bits per heavy atom. The van der Waals surface area contributed by atoms with Crippen LogP contribution in [-0.4, -0.2) is 28.7 Å². The normalized spacial score (nSPS) is 16.7. The summed E-state index contributed by atoms with van der Waals surface area (Å²) >= 11 is 6.28. The lowest BCUT2D eigenvalue weighted by molar-refractivity contribution is -0.137. The maximum Gasteiger partial charge on any atom is 0.417 e. The molecule has 6 nitrogen and oxygen atoms in total. The molecular formula is C24H23ClF4N4O2. The van der Waals surface area contributed by atoms with E-state index in [2.05, 4.69) is 21.9 Å². The number of amides is 1. The lowest BCUT2D eigenvalue weighted by Crippen LogP contribution is -2.32. The molecule has 3 rings (SSSR count). The number of nitrogens with zero attached hydrogens (tertiary/aromatic N) is 2. The van der Waals surface area contributed by atoms with Gasteiger partial charge in [0.1, 0.15) is 11.5 Å². The summed E-state index contributed by atoms with van der Waals surface area (Å²) in [6, 6.07) is 2.82. The number of fused-ring (bicyclic) bond motifs is 1. The topological polar surface area (TPSA) is 77.6 Å². The summed E-state index contributed by atoms with van der Waals surface area (Å²) in [5.41, 5.74) is -2.20. The van der Waals surface area contributed by atoms with Crippen LogP contribution in [0.15, 0.2) is 58.1 Å². The van der Waals surface area contributed by atoms with Crippen molar-refractivity contribution in [2.75, 3.05) is 4.90 Å². The SMILES string of the molecule is C=C1[C@H](C)N=C(c2[nH]c(=O)ccc2F)c2c(ccc(C(F)(F)F)c2Cl)N1/C=C(\C)C(=O)NC(C)C. The Labute approximate surface area is 204 Å². The Morgan fingerprint density at radius 2 is 1.94 bits per heavy atom. The fraction of sp³-hybridized carbons (Fsp3) is 0.292. The van der Waals surface area contributed by atoms with Crippen LogP contribution in [-0.2, 0) is 11.0 Å².